The van der Waals surface area contributed by atoms with Crippen LogP contribution in [0.2, 0.25) is 0 Å². The molecule has 1 saturated carbocycles. The van der Waals surface area contributed by atoms with Crippen LogP contribution in [0, 0.1) is 11.3 Å². The van der Waals surface area contributed by atoms with Crippen LogP contribution < -0.4 is 11.2 Å². The summed E-state index contributed by atoms with van der Waals surface area (Å²) in [5.74, 6) is 1.00. The molecule has 0 aromatic carbocycles. The molecule has 7 nitrogen and oxygen atoms in total. The zero-order valence-electron chi connectivity index (χ0n) is 13.8. The van der Waals surface area contributed by atoms with Crippen molar-refractivity contribution < 1.29 is 0 Å². The van der Waals surface area contributed by atoms with Crippen molar-refractivity contribution in [3.63, 3.8) is 0 Å². The van der Waals surface area contributed by atoms with Crippen LogP contribution in [0.3, 0.4) is 0 Å². The van der Waals surface area contributed by atoms with Crippen molar-refractivity contribution in [2.24, 2.45) is 11.3 Å². The second-order valence-electron chi connectivity index (χ2n) is 7.48. The Bertz CT molecular complexity index is 1040. The van der Waals surface area contributed by atoms with Gasteiger partial charge in [-0.25, -0.2) is 14.3 Å². The molecule has 0 amide bonds. The van der Waals surface area contributed by atoms with Gasteiger partial charge in [-0.05, 0) is 29.7 Å². The first kappa shape index (κ1) is 14.9. The lowest BCUT2D eigenvalue weighted by atomic mass is 9.87. The summed E-state index contributed by atoms with van der Waals surface area (Å²) < 4.78 is 1.70. The fraction of sp³-hybridized carbons (Fsp3) is 0.412. The molecular weight excluding hydrogens is 306 g/mol. The minimum Gasteiger partial charge on any atom is -0.313 e. The van der Waals surface area contributed by atoms with Gasteiger partial charge in [-0.3, -0.25) is 9.78 Å². The summed E-state index contributed by atoms with van der Waals surface area (Å²) in [5, 5.41) is 4.47. The Labute approximate surface area is 137 Å². The zero-order chi connectivity index (χ0) is 17.1. The molecule has 0 spiro atoms. The molecule has 2 atom stereocenters. The smallest absolute Gasteiger partial charge is 0.313 e. The predicted molar refractivity (Wildman–Crippen MR) is 90.0 cm³/mol. The number of imidazole rings is 1. The summed E-state index contributed by atoms with van der Waals surface area (Å²) in [6.07, 6.45) is 6.00. The Morgan fingerprint density at radius 3 is 2.75 bits per heavy atom. The van der Waals surface area contributed by atoms with Crippen LogP contribution in [0.1, 0.15) is 38.7 Å². The Kier molecular flexibility index (Phi) is 3.03. The van der Waals surface area contributed by atoms with Crippen molar-refractivity contribution in [3.8, 4) is 11.3 Å². The molecule has 124 valence electrons. The van der Waals surface area contributed by atoms with Gasteiger partial charge in [-0.1, -0.05) is 20.8 Å². The topological polar surface area (TPSA) is 95.9 Å². The quantitative estimate of drug-likeness (QED) is 0.752. The van der Waals surface area contributed by atoms with E-state index in [1.165, 1.54) is 6.20 Å². The maximum atomic E-state index is 12.1. The molecule has 3 aromatic rings. The fourth-order valence-electron chi connectivity index (χ4n) is 3.44. The summed E-state index contributed by atoms with van der Waals surface area (Å²) in [5.41, 5.74) is 2.08. The summed E-state index contributed by atoms with van der Waals surface area (Å²) in [4.78, 5) is 32.5. The van der Waals surface area contributed by atoms with Crippen molar-refractivity contribution >= 4 is 5.65 Å². The van der Waals surface area contributed by atoms with Gasteiger partial charge in [0.25, 0.3) is 5.56 Å². The van der Waals surface area contributed by atoms with E-state index in [1.54, 1.807) is 16.9 Å². The van der Waals surface area contributed by atoms with Crippen LogP contribution in [-0.2, 0) is 0 Å². The Morgan fingerprint density at radius 1 is 1.29 bits per heavy atom. The first-order valence-corrected chi connectivity index (χ1v) is 8.01. The third kappa shape index (κ3) is 2.36. The summed E-state index contributed by atoms with van der Waals surface area (Å²) in [7, 11) is 0. The van der Waals surface area contributed by atoms with Crippen LogP contribution in [-0.4, -0.2) is 24.6 Å². The standard InChI is InChI=1S/C17H19N5O2/c1-17(2,3)12-6-9(12)10-7-13(21-22-5-4-18-14(10)22)11-8-19-16(24)20-15(11)23/h4-5,7-9,12H,6H2,1-3H3,(H2,19,20,23,24)/t9-,12+/m0/s1. The van der Waals surface area contributed by atoms with Gasteiger partial charge in [0.2, 0.25) is 0 Å². The van der Waals surface area contributed by atoms with Gasteiger partial charge in [0, 0.05) is 24.2 Å². The van der Waals surface area contributed by atoms with E-state index in [2.05, 4.69) is 40.8 Å². The molecule has 0 unspecified atom stereocenters. The van der Waals surface area contributed by atoms with Gasteiger partial charge < -0.3 is 4.98 Å². The number of aromatic nitrogens is 5. The van der Waals surface area contributed by atoms with Crippen LogP contribution in [0.25, 0.3) is 16.9 Å². The average molecular weight is 325 g/mol. The number of fused-ring (bicyclic) bond motifs is 1. The number of nitrogens with one attached hydrogen (secondary N) is 2. The minimum absolute atomic E-state index is 0.229. The highest BCUT2D eigenvalue weighted by Crippen LogP contribution is 2.57. The molecule has 1 fully saturated rings. The molecule has 7 heteroatoms. The molecule has 3 aromatic heterocycles. The van der Waals surface area contributed by atoms with E-state index in [1.807, 2.05) is 6.07 Å². The number of nitrogens with zero attached hydrogens (tertiary/aromatic N) is 3. The van der Waals surface area contributed by atoms with E-state index >= 15 is 0 Å². The fourth-order valence-corrected chi connectivity index (χ4v) is 3.44. The van der Waals surface area contributed by atoms with Crippen LogP contribution >= 0.6 is 0 Å². The van der Waals surface area contributed by atoms with Crippen molar-refractivity contribution in [1.29, 1.82) is 0 Å². The van der Waals surface area contributed by atoms with E-state index in [0.717, 1.165) is 17.6 Å². The second-order valence-corrected chi connectivity index (χ2v) is 7.48. The largest absolute Gasteiger partial charge is 0.325 e. The van der Waals surface area contributed by atoms with E-state index in [0.29, 0.717) is 23.1 Å². The molecule has 0 saturated heterocycles. The number of H-pyrrole nitrogens is 2. The Balaban J connectivity index is 1.87. The van der Waals surface area contributed by atoms with Crippen molar-refractivity contribution in [3.05, 3.63) is 51.1 Å². The van der Waals surface area contributed by atoms with E-state index in [4.69, 9.17) is 0 Å². The van der Waals surface area contributed by atoms with Crippen LogP contribution in [0.5, 0.6) is 0 Å². The first-order valence-electron chi connectivity index (χ1n) is 8.01. The highest BCUT2D eigenvalue weighted by atomic mass is 16.2. The SMILES string of the molecule is CC(C)(C)[C@@H]1C[C@H]1c1cc(-c2c[nH]c(=O)[nH]c2=O)nn2ccnc12. The number of aromatic amines is 2. The number of hydrogen-bond donors (Lipinski definition) is 2. The maximum absolute atomic E-state index is 12.1. The van der Waals surface area contributed by atoms with Gasteiger partial charge in [-0.2, -0.15) is 5.10 Å². The monoisotopic (exact) mass is 325 g/mol. The highest BCUT2D eigenvalue weighted by Gasteiger charge is 2.47. The maximum Gasteiger partial charge on any atom is 0.325 e. The zero-order valence-corrected chi connectivity index (χ0v) is 13.8. The van der Waals surface area contributed by atoms with Gasteiger partial charge in [-0.15, -0.1) is 0 Å². The molecule has 0 aliphatic heterocycles. The minimum atomic E-state index is -0.525. The predicted octanol–water partition coefficient (Wildman–Crippen LogP) is 1.92. The van der Waals surface area contributed by atoms with Crippen LogP contribution in [0.4, 0.5) is 0 Å². The molecule has 4 rings (SSSR count). The van der Waals surface area contributed by atoms with E-state index in [9.17, 15) is 9.59 Å². The Hall–Kier alpha value is -2.70. The molecular formula is C17H19N5O2. The lowest BCUT2D eigenvalue weighted by Gasteiger charge is -2.18. The molecule has 0 bridgehead atoms. The van der Waals surface area contributed by atoms with E-state index in [-0.39, 0.29) is 5.41 Å². The van der Waals surface area contributed by atoms with Crippen LogP contribution in [0.15, 0.2) is 34.2 Å². The normalized spacial score (nSPS) is 20.5. The van der Waals surface area contributed by atoms with Gasteiger partial charge >= 0.3 is 5.69 Å². The van der Waals surface area contributed by atoms with Gasteiger partial charge in [0.15, 0.2) is 5.65 Å². The van der Waals surface area contributed by atoms with Gasteiger partial charge in [0.05, 0.1) is 11.3 Å². The van der Waals surface area contributed by atoms with Crippen molar-refractivity contribution in [2.75, 3.05) is 0 Å². The molecule has 1 aliphatic carbocycles. The lowest BCUT2D eigenvalue weighted by Crippen LogP contribution is -2.23. The third-order valence-electron chi connectivity index (χ3n) is 4.79. The number of hydrogen-bond acceptors (Lipinski definition) is 4. The van der Waals surface area contributed by atoms with Gasteiger partial charge in [0.1, 0.15) is 0 Å². The Morgan fingerprint density at radius 2 is 2.08 bits per heavy atom. The number of rotatable bonds is 2. The molecule has 0 radical (unpaired) electrons. The molecule has 2 N–H and O–H groups in total. The second kappa shape index (κ2) is 4.90. The average Bonchev–Trinajstić information content (AvgIpc) is 3.17. The summed E-state index contributed by atoms with van der Waals surface area (Å²) in [6.45, 7) is 6.74. The van der Waals surface area contributed by atoms with Crippen molar-refractivity contribution in [2.45, 2.75) is 33.1 Å². The third-order valence-corrected chi connectivity index (χ3v) is 4.79. The summed E-state index contributed by atoms with van der Waals surface area (Å²) in [6, 6.07) is 1.93. The molecule has 3 heterocycles. The van der Waals surface area contributed by atoms with Crippen molar-refractivity contribution in [1.82, 2.24) is 24.6 Å². The first-order chi connectivity index (χ1) is 11.3. The molecule has 1 aliphatic rings. The lowest BCUT2D eigenvalue weighted by molar-refractivity contribution is 0.343. The highest BCUT2D eigenvalue weighted by molar-refractivity contribution is 5.63. The summed E-state index contributed by atoms with van der Waals surface area (Å²) >= 11 is 0. The molecule has 24 heavy (non-hydrogen) atoms. The van der Waals surface area contributed by atoms with E-state index < -0.39 is 11.2 Å².